The average Bonchev–Trinajstić information content (AvgIpc) is 2.37. The summed E-state index contributed by atoms with van der Waals surface area (Å²) in [6.07, 6.45) is 4.98. The highest BCUT2D eigenvalue weighted by Gasteiger charge is 2.34. The normalized spacial score (nSPS) is 28.3. The number of alkyl halides is 1. The molecule has 0 N–H and O–H groups in total. The lowest BCUT2D eigenvalue weighted by Crippen LogP contribution is -2.39. The lowest BCUT2D eigenvalue weighted by Gasteiger charge is -2.38. The Bertz CT molecular complexity index is 394. The first kappa shape index (κ1) is 14.5. The van der Waals surface area contributed by atoms with Crippen molar-refractivity contribution in [2.75, 3.05) is 5.33 Å². The first-order valence-electron chi connectivity index (χ1n) is 6.58. The summed E-state index contributed by atoms with van der Waals surface area (Å²) in [5.41, 5.74) is 1.28. The van der Waals surface area contributed by atoms with Crippen molar-refractivity contribution >= 4 is 31.9 Å². The maximum absolute atomic E-state index is 6.26. The van der Waals surface area contributed by atoms with Crippen molar-refractivity contribution in [3.63, 3.8) is 0 Å². The van der Waals surface area contributed by atoms with E-state index < -0.39 is 0 Å². The van der Waals surface area contributed by atoms with Gasteiger partial charge in [0.2, 0.25) is 0 Å². The Kier molecular flexibility index (Phi) is 5.28. The van der Waals surface area contributed by atoms with Crippen molar-refractivity contribution in [1.29, 1.82) is 0 Å². The lowest BCUT2D eigenvalue weighted by atomic mass is 9.80. The van der Waals surface area contributed by atoms with Crippen LogP contribution in [0.15, 0.2) is 28.7 Å². The summed E-state index contributed by atoms with van der Waals surface area (Å²) in [6.45, 7) is 3.04. The van der Waals surface area contributed by atoms with E-state index in [9.17, 15) is 0 Å². The van der Waals surface area contributed by atoms with Gasteiger partial charge in [-0.15, -0.1) is 0 Å². The van der Waals surface area contributed by atoms with Gasteiger partial charge in [0.15, 0.2) is 0 Å². The Hall–Kier alpha value is 0.140. The molecule has 0 aromatic heterocycles. The Balaban J connectivity index is 1.98. The number of hydrogen-bond acceptors (Lipinski definition) is 1. The minimum absolute atomic E-state index is 0.0417. The Morgan fingerprint density at radius 3 is 2.94 bits per heavy atom. The summed E-state index contributed by atoms with van der Waals surface area (Å²) in [4.78, 5) is 0. The molecule has 0 saturated heterocycles. The average molecular weight is 376 g/mol. The minimum atomic E-state index is 0.0417. The standard InChI is InChI=1S/C15H20Br2O/c1-12-4-3-7-15(9-12,11-16)18-10-13-5-2-6-14(17)8-13/h2,5-6,8,12H,3-4,7,9-11H2,1H3. The monoisotopic (exact) mass is 374 g/mol. The summed E-state index contributed by atoms with van der Waals surface area (Å²) in [5, 5.41) is 0.943. The smallest absolute Gasteiger partial charge is 0.0786 e. The zero-order chi connectivity index (χ0) is 13.0. The Morgan fingerprint density at radius 1 is 1.44 bits per heavy atom. The van der Waals surface area contributed by atoms with Gasteiger partial charge in [-0.3, -0.25) is 0 Å². The van der Waals surface area contributed by atoms with Crippen LogP contribution in [0.5, 0.6) is 0 Å². The van der Waals surface area contributed by atoms with Crippen LogP contribution >= 0.6 is 31.9 Å². The van der Waals surface area contributed by atoms with E-state index in [0.717, 1.165) is 15.7 Å². The molecule has 1 fully saturated rings. The van der Waals surface area contributed by atoms with Gasteiger partial charge >= 0.3 is 0 Å². The van der Waals surface area contributed by atoms with Crippen molar-refractivity contribution in [2.45, 2.75) is 44.8 Å². The molecule has 0 spiro atoms. The van der Waals surface area contributed by atoms with Crippen LogP contribution in [0, 0.1) is 5.92 Å². The van der Waals surface area contributed by atoms with Crippen LogP contribution in [0.1, 0.15) is 38.2 Å². The molecule has 1 aromatic rings. The van der Waals surface area contributed by atoms with E-state index in [4.69, 9.17) is 4.74 Å². The predicted octanol–water partition coefficient (Wildman–Crippen LogP) is 5.31. The van der Waals surface area contributed by atoms with Gasteiger partial charge in [-0.1, -0.05) is 63.8 Å². The van der Waals surface area contributed by atoms with E-state index in [1.54, 1.807) is 0 Å². The predicted molar refractivity (Wildman–Crippen MR) is 83.1 cm³/mol. The lowest BCUT2D eigenvalue weighted by molar-refractivity contribution is -0.0729. The van der Waals surface area contributed by atoms with Crippen LogP contribution in [0.25, 0.3) is 0 Å². The third-order valence-electron chi connectivity index (χ3n) is 3.73. The van der Waals surface area contributed by atoms with Crippen LogP contribution in [0.2, 0.25) is 0 Å². The Labute approximate surface area is 127 Å². The van der Waals surface area contributed by atoms with Gasteiger partial charge in [-0.05, 0) is 36.5 Å². The highest BCUT2D eigenvalue weighted by atomic mass is 79.9. The quantitative estimate of drug-likeness (QED) is 0.648. The van der Waals surface area contributed by atoms with Gasteiger partial charge in [0, 0.05) is 9.80 Å². The fourth-order valence-corrected chi connectivity index (χ4v) is 3.88. The van der Waals surface area contributed by atoms with Gasteiger partial charge in [0.25, 0.3) is 0 Å². The molecule has 1 aliphatic rings. The molecule has 2 unspecified atom stereocenters. The fraction of sp³-hybridized carbons (Fsp3) is 0.600. The SMILES string of the molecule is CC1CCCC(CBr)(OCc2cccc(Br)c2)C1. The molecule has 0 heterocycles. The number of ether oxygens (including phenoxy) is 1. The number of halogens is 2. The van der Waals surface area contributed by atoms with Gasteiger partial charge in [-0.25, -0.2) is 0 Å². The summed E-state index contributed by atoms with van der Waals surface area (Å²) < 4.78 is 7.38. The fourth-order valence-electron chi connectivity index (χ4n) is 2.77. The second-order valence-corrected chi connectivity index (χ2v) is 6.91. The number of rotatable bonds is 4. The van der Waals surface area contributed by atoms with E-state index in [2.05, 4.69) is 57.0 Å². The molecule has 3 heteroatoms. The Morgan fingerprint density at radius 2 is 2.28 bits per heavy atom. The van der Waals surface area contributed by atoms with Crippen LogP contribution < -0.4 is 0 Å². The summed E-state index contributed by atoms with van der Waals surface area (Å²) in [7, 11) is 0. The maximum atomic E-state index is 6.26. The van der Waals surface area contributed by atoms with Crippen molar-refractivity contribution < 1.29 is 4.74 Å². The molecular formula is C15H20Br2O. The maximum Gasteiger partial charge on any atom is 0.0786 e. The molecule has 1 aromatic carbocycles. The summed E-state index contributed by atoms with van der Waals surface area (Å²) >= 11 is 7.15. The molecule has 0 radical (unpaired) electrons. The molecule has 0 bridgehead atoms. The zero-order valence-electron chi connectivity index (χ0n) is 10.8. The van der Waals surface area contributed by atoms with Crippen molar-refractivity contribution in [2.24, 2.45) is 5.92 Å². The molecule has 1 aliphatic carbocycles. The molecular weight excluding hydrogens is 356 g/mol. The highest BCUT2D eigenvalue weighted by molar-refractivity contribution is 9.10. The van der Waals surface area contributed by atoms with Crippen LogP contribution in [0.4, 0.5) is 0 Å². The van der Waals surface area contributed by atoms with Crippen LogP contribution in [-0.2, 0) is 11.3 Å². The molecule has 18 heavy (non-hydrogen) atoms. The van der Waals surface area contributed by atoms with Gasteiger partial charge < -0.3 is 4.74 Å². The molecule has 2 atom stereocenters. The van der Waals surface area contributed by atoms with Crippen LogP contribution in [0.3, 0.4) is 0 Å². The van der Waals surface area contributed by atoms with Crippen molar-refractivity contribution in [3.05, 3.63) is 34.3 Å². The van der Waals surface area contributed by atoms with Crippen molar-refractivity contribution in [3.8, 4) is 0 Å². The second-order valence-electron chi connectivity index (χ2n) is 5.44. The van der Waals surface area contributed by atoms with Gasteiger partial charge in [0.1, 0.15) is 0 Å². The van der Waals surface area contributed by atoms with E-state index in [1.807, 2.05) is 6.07 Å². The molecule has 100 valence electrons. The topological polar surface area (TPSA) is 9.23 Å². The van der Waals surface area contributed by atoms with E-state index in [-0.39, 0.29) is 5.60 Å². The van der Waals surface area contributed by atoms with Gasteiger partial charge in [0.05, 0.1) is 12.2 Å². The van der Waals surface area contributed by atoms with E-state index in [1.165, 1.54) is 31.2 Å². The minimum Gasteiger partial charge on any atom is -0.369 e. The first-order valence-corrected chi connectivity index (χ1v) is 8.49. The van der Waals surface area contributed by atoms with E-state index >= 15 is 0 Å². The second kappa shape index (κ2) is 6.53. The first-order chi connectivity index (χ1) is 8.63. The zero-order valence-corrected chi connectivity index (χ0v) is 14.0. The van der Waals surface area contributed by atoms with Crippen LogP contribution in [-0.4, -0.2) is 10.9 Å². The summed E-state index contributed by atoms with van der Waals surface area (Å²) in [6, 6.07) is 8.37. The highest BCUT2D eigenvalue weighted by Crippen LogP contribution is 2.37. The third-order valence-corrected chi connectivity index (χ3v) is 5.24. The summed E-state index contributed by atoms with van der Waals surface area (Å²) in [5.74, 6) is 0.777. The molecule has 1 nitrogen and oxygen atoms in total. The number of hydrogen-bond donors (Lipinski definition) is 0. The van der Waals surface area contributed by atoms with Crippen molar-refractivity contribution in [1.82, 2.24) is 0 Å². The molecule has 1 saturated carbocycles. The molecule has 0 aliphatic heterocycles. The molecule has 0 amide bonds. The van der Waals surface area contributed by atoms with Gasteiger partial charge in [-0.2, -0.15) is 0 Å². The molecule has 2 rings (SSSR count). The third kappa shape index (κ3) is 3.82. The number of benzene rings is 1. The van der Waals surface area contributed by atoms with E-state index in [0.29, 0.717) is 6.61 Å². The largest absolute Gasteiger partial charge is 0.369 e.